The van der Waals surface area contributed by atoms with E-state index in [2.05, 4.69) is 6.58 Å². The Hall–Kier alpha value is -1.93. The number of carboxylic acids is 1. The smallest absolute Gasteiger partial charge is 0.310 e. The lowest BCUT2D eigenvalue weighted by Gasteiger charge is -2.42. The SMILES string of the molecule is C=CCN(C(=O)[C@@H]1N(CCCO)C(=O)[C@H]2[C@H](C(=O)O)[C@@H]3CC[C@]12O3)C(C)(C)C. The van der Waals surface area contributed by atoms with E-state index >= 15 is 0 Å². The molecule has 0 saturated carbocycles. The Balaban J connectivity index is 2.05. The van der Waals surface area contributed by atoms with Crippen LogP contribution in [0.2, 0.25) is 0 Å². The van der Waals surface area contributed by atoms with Crippen LogP contribution in [0.25, 0.3) is 0 Å². The number of rotatable bonds is 7. The molecule has 3 saturated heterocycles. The molecule has 0 aromatic carbocycles. The highest BCUT2D eigenvalue weighted by atomic mass is 16.5. The molecule has 3 rings (SSSR count). The van der Waals surface area contributed by atoms with Crippen LogP contribution in [0, 0.1) is 11.8 Å². The summed E-state index contributed by atoms with van der Waals surface area (Å²) in [4.78, 5) is 41.9. The summed E-state index contributed by atoms with van der Waals surface area (Å²) in [6.07, 6.45) is 2.42. The highest BCUT2D eigenvalue weighted by Crippen LogP contribution is 2.58. The van der Waals surface area contributed by atoms with Gasteiger partial charge in [0.15, 0.2) is 0 Å². The molecule has 0 aromatic heterocycles. The minimum atomic E-state index is -1.11. The highest BCUT2D eigenvalue weighted by molar-refractivity contribution is 5.98. The number of carboxylic acid groups (broad SMARTS) is 1. The Kier molecular flexibility index (Phi) is 5.31. The Bertz CT molecular complexity index is 687. The molecular weight excluding hydrogens is 364 g/mol. The molecule has 8 nitrogen and oxygen atoms in total. The van der Waals surface area contributed by atoms with E-state index in [9.17, 15) is 24.6 Å². The quantitative estimate of drug-likeness (QED) is 0.614. The Morgan fingerprint density at radius 1 is 1.43 bits per heavy atom. The minimum absolute atomic E-state index is 0.121. The van der Waals surface area contributed by atoms with Gasteiger partial charge in [-0.1, -0.05) is 6.08 Å². The van der Waals surface area contributed by atoms with Crippen molar-refractivity contribution in [3.63, 3.8) is 0 Å². The number of carbonyl (C=O) groups excluding carboxylic acids is 2. The number of aliphatic hydroxyl groups is 1. The van der Waals surface area contributed by atoms with Crippen LogP contribution >= 0.6 is 0 Å². The normalized spacial score (nSPS) is 33.9. The van der Waals surface area contributed by atoms with Crippen LogP contribution in [-0.2, 0) is 19.1 Å². The van der Waals surface area contributed by atoms with Gasteiger partial charge in [-0.15, -0.1) is 6.58 Å². The van der Waals surface area contributed by atoms with Crippen molar-refractivity contribution in [2.75, 3.05) is 19.7 Å². The second kappa shape index (κ2) is 7.15. The van der Waals surface area contributed by atoms with E-state index in [1.165, 1.54) is 4.90 Å². The van der Waals surface area contributed by atoms with E-state index < -0.39 is 41.1 Å². The molecule has 28 heavy (non-hydrogen) atoms. The molecule has 2 amide bonds. The first-order chi connectivity index (χ1) is 13.1. The predicted molar refractivity (Wildman–Crippen MR) is 100 cm³/mol. The third kappa shape index (κ3) is 2.93. The van der Waals surface area contributed by atoms with Crippen LogP contribution in [0.15, 0.2) is 12.7 Å². The largest absolute Gasteiger partial charge is 0.481 e. The molecule has 156 valence electrons. The fourth-order valence-corrected chi connectivity index (χ4v) is 5.17. The van der Waals surface area contributed by atoms with Crippen LogP contribution in [0.1, 0.15) is 40.0 Å². The lowest BCUT2D eigenvalue weighted by molar-refractivity contribution is -0.152. The Labute approximate surface area is 165 Å². The van der Waals surface area contributed by atoms with Crippen LogP contribution in [0.5, 0.6) is 0 Å². The number of likely N-dealkylation sites (tertiary alicyclic amines) is 1. The summed E-state index contributed by atoms with van der Waals surface area (Å²) >= 11 is 0. The lowest BCUT2D eigenvalue weighted by atomic mass is 9.70. The van der Waals surface area contributed by atoms with Crippen molar-refractivity contribution in [3.8, 4) is 0 Å². The molecule has 3 aliphatic rings. The van der Waals surface area contributed by atoms with Gasteiger partial charge in [-0.05, 0) is 40.0 Å². The number of nitrogens with zero attached hydrogens (tertiary/aromatic N) is 2. The molecule has 0 unspecified atom stereocenters. The third-order valence-electron chi connectivity index (χ3n) is 6.26. The molecule has 0 radical (unpaired) electrons. The summed E-state index contributed by atoms with van der Waals surface area (Å²) in [5.41, 5.74) is -1.61. The molecule has 0 aromatic rings. The van der Waals surface area contributed by atoms with Gasteiger partial charge in [-0.25, -0.2) is 0 Å². The summed E-state index contributed by atoms with van der Waals surface area (Å²) in [6.45, 7) is 9.84. The van der Waals surface area contributed by atoms with E-state index in [1.54, 1.807) is 11.0 Å². The maximum atomic E-state index is 13.7. The van der Waals surface area contributed by atoms with Crippen LogP contribution in [0.3, 0.4) is 0 Å². The maximum absolute atomic E-state index is 13.7. The van der Waals surface area contributed by atoms with Crippen molar-refractivity contribution in [1.29, 1.82) is 0 Å². The number of aliphatic hydroxyl groups excluding tert-OH is 1. The molecule has 2 N–H and O–H groups in total. The van der Waals surface area contributed by atoms with Crippen molar-refractivity contribution in [1.82, 2.24) is 9.80 Å². The van der Waals surface area contributed by atoms with Gasteiger partial charge in [0.1, 0.15) is 11.6 Å². The Morgan fingerprint density at radius 3 is 2.64 bits per heavy atom. The van der Waals surface area contributed by atoms with Crippen LogP contribution in [0.4, 0.5) is 0 Å². The second-order valence-electron chi connectivity index (χ2n) is 8.91. The van der Waals surface area contributed by atoms with E-state index in [0.29, 0.717) is 25.8 Å². The number of hydrogen-bond acceptors (Lipinski definition) is 5. The average molecular weight is 394 g/mol. The number of hydrogen-bond donors (Lipinski definition) is 2. The molecule has 8 heteroatoms. The fraction of sp³-hybridized carbons (Fsp3) is 0.750. The molecule has 1 spiro atoms. The number of carbonyl (C=O) groups is 3. The van der Waals surface area contributed by atoms with E-state index in [-0.39, 0.29) is 25.0 Å². The van der Waals surface area contributed by atoms with Gasteiger partial charge >= 0.3 is 5.97 Å². The summed E-state index contributed by atoms with van der Waals surface area (Å²) in [5.74, 6) is -3.46. The first-order valence-electron chi connectivity index (χ1n) is 9.84. The van der Waals surface area contributed by atoms with Crippen molar-refractivity contribution in [3.05, 3.63) is 12.7 Å². The van der Waals surface area contributed by atoms with Crippen molar-refractivity contribution in [2.45, 2.75) is 63.3 Å². The third-order valence-corrected chi connectivity index (χ3v) is 6.26. The first-order valence-corrected chi connectivity index (χ1v) is 9.84. The topological polar surface area (TPSA) is 107 Å². The Morgan fingerprint density at radius 2 is 2.11 bits per heavy atom. The van der Waals surface area contributed by atoms with Crippen molar-refractivity contribution < 1.29 is 29.3 Å². The van der Waals surface area contributed by atoms with Gasteiger partial charge in [0, 0.05) is 25.2 Å². The van der Waals surface area contributed by atoms with Crippen molar-refractivity contribution >= 4 is 17.8 Å². The summed E-state index contributed by atoms with van der Waals surface area (Å²) < 4.78 is 6.13. The second-order valence-corrected chi connectivity index (χ2v) is 8.91. The zero-order chi connectivity index (χ0) is 20.9. The zero-order valence-corrected chi connectivity index (χ0v) is 16.8. The number of amides is 2. The van der Waals surface area contributed by atoms with Gasteiger partial charge in [0.2, 0.25) is 11.8 Å². The number of fused-ring (bicyclic) bond motifs is 1. The fourth-order valence-electron chi connectivity index (χ4n) is 5.17. The first kappa shape index (κ1) is 20.8. The van der Waals surface area contributed by atoms with Gasteiger partial charge in [0.25, 0.3) is 0 Å². The number of ether oxygens (including phenoxy) is 1. The number of aliphatic carboxylic acids is 1. The minimum Gasteiger partial charge on any atom is -0.481 e. The lowest BCUT2D eigenvalue weighted by Crippen LogP contribution is -2.60. The molecule has 3 fully saturated rings. The molecular formula is C20H30N2O6. The zero-order valence-electron chi connectivity index (χ0n) is 16.8. The van der Waals surface area contributed by atoms with Crippen LogP contribution in [-0.4, -0.2) is 80.8 Å². The highest BCUT2D eigenvalue weighted by Gasteiger charge is 2.74. The summed E-state index contributed by atoms with van der Waals surface area (Å²) in [6, 6.07) is -0.884. The van der Waals surface area contributed by atoms with Crippen molar-refractivity contribution in [2.24, 2.45) is 11.8 Å². The summed E-state index contributed by atoms with van der Waals surface area (Å²) in [7, 11) is 0. The predicted octanol–water partition coefficient (Wildman–Crippen LogP) is 0.641. The maximum Gasteiger partial charge on any atom is 0.310 e. The van der Waals surface area contributed by atoms with E-state index in [1.807, 2.05) is 20.8 Å². The molecule has 3 aliphatic heterocycles. The molecule has 2 bridgehead atoms. The standard InChI is InChI=1S/C20H30N2O6/c1-5-9-22(19(2,3)4)17(25)15-20-8-7-12(28-20)13(18(26)27)14(20)16(24)21(15)10-6-11-23/h5,12-15,23H,1,6-11H2,2-4H3,(H,26,27)/t12-,13+,14+,15-,20+/m0/s1. The summed E-state index contributed by atoms with van der Waals surface area (Å²) in [5, 5.41) is 19.0. The molecule has 0 aliphatic carbocycles. The van der Waals surface area contributed by atoms with Gasteiger partial charge < -0.3 is 24.7 Å². The van der Waals surface area contributed by atoms with Gasteiger partial charge in [-0.3, -0.25) is 14.4 Å². The molecule has 5 atom stereocenters. The van der Waals surface area contributed by atoms with Crippen LogP contribution < -0.4 is 0 Å². The van der Waals surface area contributed by atoms with E-state index in [0.717, 1.165) is 0 Å². The van der Waals surface area contributed by atoms with Gasteiger partial charge in [-0.2, -0.15) is 0 Å². The monoisotopic (exact) mass is 394 g/mol. The molecule has 3 heterocycles. The average Bonchev–Trinajstić information content (AvgIpc) is 3.23. The van der Waals surface area contributed by atoms with E-state index in [4.69, 9.17) is 4.74 Å². The van der Waals surface area contributed by atoms with Gasteiger partial charge in [0.05, 0.1) is 17.9 Å².